The van der Waals surface area contributed by atoms with Crippen molar-refractivity contribution in [1.29, 1.82) is 0 Å². The van der Waals surface area contributed by atoms with Crippen molar-refractivity contribution in [3.63, 3.8) is 0 Å². The molecule has 2 aromatic rings. The van der Waals surface area contributed by atoms with Crippen LogP contribution in [0.1, 0.15) is 25.8 Å². The van der Waals surface area contributed by atoms with E-state index in [1.807, 2.05) is 13.8 Å². The van der Waals surface area contributed by atoms with Crippen molar-refractivity contribution >= 4 is 33.6 Å². The molecule has 1 aromatic heterocycles. The molecule has 2 rings (SSSR count). The summed E-state index contributed by atoms with van der Waals surface area (Å²) in [6, 6.07) is 5.70. The molecule has 25 heavy (non-hydrogen) atoms. The number of nitrogens with zero attached hydrogens (tertiary/aromatic N) is 1. The Morgan fingerprint density at radius 3 is 2.72 bits per heavy atom. The van der Waals surface area contributed by atoms with Crippen LogP contribution in [0.3, 0.4) is 0 Å². The van der Waals surface area contributed by atoms with Crippen LogP contribution < -0.4 is 10.6 Å². The van der Waals surface area contributed by atoms with Crippen LogP contribution in [-0.4, -0.2) is 33.2 Å². The van der Waals surface area contributed by atoms with E-state index in [9.17, 15) is 14.7 Å². The molecule has 8 heteroatoms. The maximum Gasteiger partial charge on any atom is 0.248 e. The highest BCUT2D eigenvalue weighted by Crippen LogP contribution is 2.22. The fourth-order valence-electron chi connectivity index (χ4n) is 2.36. The predicted octanol–water partition coefficient (Wildman–Crippen LogP) is 2.59. The number of anilines is 1. The van der Waals surface area contributed by atoms with Crippen molar-refractivity contribution in [3.8, 4) is 5.75 Å². The highest BCUT2D eigenvalue weighted by Gasteiger charge is 2.22. The third kappa shape index (κ3) is 5.90. The van der Waals surface area contributed by atoms with Gasteiger partial charge in [-0.05, 0) is 36.1 Å². The van der Waals surface area contributed by atoms with Crippen LogP contribution in [-0.2, 0) is 16.0 Å². The summed E-state index contributed by atoms with van der Waals surface area (Å²) >= 11 is 3.35. The number of phenolic OH excluding ortho intramolecular Hbond substituents is 1. The molecule has 2 amide bonds. The predicted molar refractivity (Wildman–Crippen MR) is 98.1 cm³/mol. The van der Waals surface area contributed by atoms with E-state index in [-0.39, 0.29) is 29.9 Å². The summed E-state index contributed by atoms with van der Waals surface area (Å²) in [5.74, 6) is 0.189. The number of H-pyrrole nitrogens is 1. The molecule has 0 radical (unpaired) electrons. The zero-order chi connectivity index (χ0) is 18.4. The highest BCUT2D eigenvalue weighted by atomic mass is 79.9. The van der Waals surface area contributed by atoms with E-state index in [1.165, 1.54) is 18.3 Å². The van der Waals surface area contributed by atoms with Crippen LogP contribution >= 0.6 is 15.9 Å². The van der Waals surface area contributed by atoms with E-state index in [4.69, 9.17) is 0 Å². The lowest BCUT2D eigenvalue weighted by atomic mass is 10.0. The number of hydrogen-bond acceptors (Lipinski definition) is 4. The van der Waals surface area contributed by atoms with Crippen LogP contribution in [0.15, 0.2) is 34.9 Å². The Kier molecular flexibility index (Phi) is 6.58. The van der Waals surface area contributed by atoms with Gasteiger partial charge in [0.1, 0.15) is 17.6 Å². The fourth-order valence-corrected chi connectivity index (χ4v) is 2.75. The van der Waals surface area contributed by atoms with Crippen LogP contribution in [0.2, 0.25) is 0 Å². The average Bonchev–Trinajstić information content (AvgIpc) is 3.02. The molecule has 0 aliphatic rings. The Morgan fingerprint density at radius 1 is 1.32 bits per heavy atom. The van der Waals surface area contributed by atoms with Gasteiger partial charge in [0.05, 0.1) is 12.6 Å². The van der Waals surface area contributed by atoms with Crippen molar-refractivity contribution in [1.82, 2.24) is 15.5 Å². The number of hydrogen-bond donors (Lipinski definition) is 4. The zero-order valence-corrected chi connectivity index (χ0v) is 15.6. The molecule has 0 aliphatic heterocycles. The van der Waals surface area contributed by atoms with E-state index in [0.717, 1.165) is 4.47 Å². The zero-order valence-electron chi connectivity index (χ0n) is 14.0. The molecular weight excluding hydrogens is 388 g/mol. The summed E-state index contributed by atoms with van der Waals surface area (Å²) < 4.78 is 0.725. The number of aromatic amines is 1. The first-order valence-corrected chi connectivity index (χ1v) is 8.71. The van der Waals surface area contributed by atoms with E-state index < -0.39 is 6.04 Å². The molecule has 0 saturated carbocycles. The highest BCUT2D eigenvalue weighted by molar-refractivity contribution is 9.10. The molecule has 1 aromatic carbocycles. The van der Waals surface area contributed by atoms with Crippen molar-refractivity contribution in [2.24, 2.45) is 5.92 Å². The Morgan fingerprint density at radius 2 is 2.08 bits per heavy atom. The van der Waals surface area contributed by atoms with E-state index in [0.29, 0.717) is 17.8 Å². The molecule has 4 N–H and O–H groups in total. The minimum Gasteiger partial charge on any atom is -0.508 e. The van der Waals surface area contributed by atoms with Gasteiger partial charge in [-0.2, -0.15) is 5.10 Å². The number of rotatable bonds is 7. The lowest BCUT2D eigenvalue weighted by molar-refractivity contribution is -0.126. The lowest BCUT2D eigenvalue weighted by Crippen LogP contribution is -2.45. The van der Waals surface area contributed by atoms with Crippen molar-refractivity contribution in [3.05, 3.63) is 40.5 Å². The van der Waals surface area contributed by atoms with Gasteiger partial charge in [-0.3, -0.25) is 14.7 Å². The summed E-state index contributed by atoms with van der Waals surface area (Å²) in [6.07, 6.45) is 2.10. The van der Waals surface area contributed by atoms with Gasteiger partial charge in [0.25, 0.3) is 0 Å². The molecule has 0 saturated heterocycles. The molecule has 7 nitrogen and oxygen atoms in total. The Labute approximate surface area is 154 Å². The monoisotopic (exact) mass is 408 g/mol. The molecule has 1 atom stereocenters. The van der Waals surface area contributed by atoms with Crippen LogP contribution in [0, 0.1) is 5.92 Å². The number of benzene rings is 1. The number of carbonyl (C=O) groups excluding carboxylic acids is 2. The Bertz CT molecular complexity index is 731. The van der Waals surface area contributed by atoms with E-state index >= 15 is 0 Å². The molecule has 0 fully saturated rings. The minimum absolute atomic E-state index is 0.0565. The fraction of sp³-hybridized carbons (Fsp3) is 0.353. The van der Waals surface area contributed by atoms with Gasteiger partial charge in [-0.25, -0.2) is 0 Å². The normalized spacial score (nSPS) is 12.0. The third-order valence-corrected chi connectivity index (χ3v) is 4.27. The largest absolute Gasteiger partial charge is 0.508 e. The van der Waals surface area contributed by atoms with Crippen molar-refractivity contribution < 1.29 is 14.7 Å². The molecular formula is C17H21BrN4O3. The maximum absolute atomic E-state index is 12.4. The second-order valence-electron chi connectivity index (χ2n) is 6.16. The summed E-state index contributed by atoms with van der Waals surface area (Å²) in [6.45, 7) is 3.96. The number of aromatic nitrogens is 2. The van der Waals surface area contributed by atoms with Crippen molar-refractivity contribution in [2.45, 2.75) is 32.7 Å². The lowest BCUT2D eigenvalue weighted by Gasteiger charge is -2.20. The molecule has 0 spiro atoms. The number of halogens is 1. The average molecular weight is 409 g/mol. The van der Waals surface area contributed by atoms with E-state index in [2.05, 4.69) is 36.8 Å². The van der Waals surface area contributed by atoms with Gasteiger partial charge >= 0.3 is 0 Å². The van der Waals surface area contributed by atoms with Crippen LogP contribution in [0.5, 0.6) is 5.75 Å². The van der Waals surface area contributed by atoms with Crippen molar-refractivity contribution in [2.75, 3.05) is 5.32 Å². The summed E-state index contributed by atoms with van der Waals surface area (Å²) in [5.41, 5.74) is 0.648. The molecule has 134 valence electrons. The topological polar surface area (TPSA) is 107 Å². The molecule has 1 heterocycles. The Balaban J connectivity index is 2.03. The summed E-state index contributed by atoms with van der Waals surface area (Å²) in [4.78, 5) is 24.8. The number of aromatic hydroxyl groups is 1. The van der Waals surface area contributed by atoms with Gasteiger partial charge in [0.2, 0.25) is 11.8 Å². The summed E-state index contributed by atoms with van der Waals surface area (Å²) in [7, 11) is 0. The maximum atomic E-state index is 12.4. The summed E-state index contributed by atoms with van der Waals surface area (Å²) in [5, 5.41) is 21.4. The second kappa shape index (κ2) is 8.66. The van der Waals surface area contributed by atoms with Crippen LogP contribution in [0.25, 0.3) is 0 Å². The number of carbonyl (C=O) groups is 2. The molecule has 0 bridgehead atoms. The standard InChI is InChI=1S/C17H21BrN4O3/c1-10(2)7-14(17(25)21-15-5-6-19-22-15)20-16(24)9-11-8-12(23)3-4-13(11)18/h3-6,8,10,14,23H,7,9H2,1-2H3,(H,20,24)(H2,19,21,22,25). The Hall–Kier alpha value is -2.35. The smallest absolute Gasteiger partial charge is 0.248 e. The number of nitrogens with one attached hydrogen (secondary N) is 3. The van der Waals surface area contributed by atoms with Crippen LogP contribution in [0.4, 0.5) is 5.82 Å². The van der Waals surface area contributed by atoms with Gasteiger partial charge in [0, 0.05) is 10.5 Å². The SMILES string of the molecule is CC(C)CC(NC(=O)Cc1cc(O)ccc1Br)C(=O)Nc1ccn[nH]1. The first-order valence-electron chi connectivity index (χ1n) is 7.92. The van der Waals surface area contributed by atoms with Gasteiger partial charge in [-0.15, -0.1) is 0 Å². The molecule has 0 aliphatic carbocycles. The number of amides is 2. The quantitative estimate of drug-likeness (QED) is 0.564. The van der Waals surface area contributed by atoms with Gasteiger partial charge < -0.3 is 15.7 Å². The molecule has 1 unspecified atom stereocenters. The second-order valence-corrected chi connectivity index (χ2v) is 7.02. The number of phenols is 1. The minimum atomic E-state index is -0.660. The van der Waals surface area contributed by atoms with Gasteiger partial charge in [0.15, 0.2) is 0 Å². The van der Waals surface area contributed by atoms with Gasteiger partial charge in [-0.1, -0.05) is 29.8 Å². The first kappa shape index (κ1) is 19.0. The van der Waals surface area contributed by atoms with E-state index in [1.54, 1.807) is 12.1 Å². The first-order chi connectivity index (χ1) is 11.8. The third-order valence-electron chi connectivity index (χ3n) is 3.50.